The molecule has 0 bridgehead atoms. The zero-order chi connectivity index (χ0) is 23.3. The molecule has 30 heavy (non-hydrogen) atoms. The highest BCUT2D eigenvalue weighted by atomic mass is 16.4. The lowest BCUT2D eigenvalue weighted by molar-refractivity contribution is -0.142. The van der Waals surface area contributed by atoms with Gasteiger partial charge in [-0.3, -0.25) is 24.2 Å². The average Bonchev–Trinajstić information content (AvgIpc) is 2.66. The summed E-state index contributed by atoms with van der Waals surface area (Å²) in [5, 5.41) is 16.2. The van der Waals surface area contributed by atoms with Crippen molar-refractivity contribution < 1.29 is 29.1 Å². The number of nitrogens with two attached hydrogens (primary N) is 4. The lowest BCUT2D eigenvalue weighted by Gasteiger charge is -2.22. The van der Waals surface area contributed by atoms with Crippen LogP contribution in [0.25, 0.3) is 0 Å². The van der Waals surface area contributed by atoms with Crippen molar-refractivity contribution in [1.29, 1.82) is 0 Å². The van der Waals surface area contributed by atoms with Gasteiger partial charge in [0.2, 0.25) is 23.6 Å². The van der Waals surface area contributed by atoms with Crippen molar-refractivity contribution in [2.24, 2.45) is 27.9 Å². The van der Waals surface area contributed by atoms with Gasteiger partial charge in [-0.15, -0.1) is 0 Å². The van der Waals surface area contributed by atoms with Crippen LogP contribution < -0.4 is 38.9 Å². The van der Waals surface area contributed by atoms with Crippen LogP contribution in [0.15, 0.2) is 4.99 Å². The SMILES string of the molecule is C[C@H](NC(=O)[C@H](CCC(N)=O)NC(=O)CN)C(=O)N[C@@H](CCCN=C(N)N)C(=O)O. The predicted molar refractivity (Wildman–Crippen MR) is 106 cm³/mol. The fourth-order valence-electron chi connectivity index (χ4n) is 2.25. The van der Waals surface area contributed by atoms with Crippen LogP contribution in [0.2, 0.25) is 0 Å². The highest BCUT2D eigenvalue weighted by Crippen LogP contribution is 2.01. The number of guanidine groups is 1. The maximum atomic E-state index is 12.4. The second-order valence-electron chi connectivity index (χ2n) is 6.41. The zero-order valence-electron chi connectivity index (χ0n) is 16.7. The molecule has 0 aliphatic heterocycles. The van der Waals surface area contributed by atoms with Crippen LogP contribution in [0.5, 0.6) is 0 Å². The summed E-state index contributed by atoms with van der Waals surface area (Å²) in [5.74, 6) is -4.21. The lowest BCUT2D eigenvalue weighted by atomic mass is 10.1. The maximum absolute atomic E-state index is 12.4. The Morgan fingerprint density at radius 3 is 2.07 bits per heavy atom. The summed E-state index contributed by atoms with van der Waals surface area (Å²) in [6, 6.07) is -3.48. The number of nitrogens with zero attached hydrogens (tertiary/aromatic N) is 1. The molecule has 0 saturated heterocycles. The molecule has 4 amide bonds. The second kappa shape index (κ2) is 13.7. The summed E-state index contributed by atoms with van der Waals surface area (Å²) in [7, 11) is 0. The predicted octanol–water partition coefficient (Wildman–Crippen LogP) is -4.18. The van der Waals surface area contributed by atoms with Crippen LogP contribution in [0.4, 0.5) is 0 Å². The van der Waals surface area contributed by atoms with Gasteiger partial charge in [0.1, 0.15) is 18.1 Å². The van der Waals surface area contributed by atoms with Crippen LogP contribution in [0.1, 0.15) is 32.6 Å². The molecule has 0 aliphatic carbocycles. The van der Waals surface area contributed by atoms with Gasteiger partial charge in [0, 0.05) is 13.0 Å². The van der Waals surface area contributed by atoms with E-state index in [-0.39, 0.29) is 38.3 Å². The Bertz CT molecular complexity index is 664. The number of carboxylic acids is 1. The van der Waals surface area contributed by atoms with E-state index in [1.54, 1.807) is 0 Å². The molecule has 0 rings (SSSR count). The molecule has 0 aromatic carbocycles. The fourth-order valence-corrected chi connectivity index (χ4v) is 2.25. The molecule has 0 aromatic rings. The number of carbonyl (C=O) groups is 5. The number of hydrogen-bond acceptors (Lipinski definition) is 7. The Labute approximate surface area is 173 Å². The molecule has 0 heterocycles. The Kier molecular flexibility index (Phi) is 12.1. The van der Waals surface area contributed by atoms with Crippen molar-refractivity contribution in [3.05, 3.63) is 0 Å². The van der Waals surface area contributed by atoms with Gasteiger partial charge in [-0.1, -0.05) is 0 Å². The van der Waals surface area contributed by atoms with E-state index in [4.69, 9.17) is 22.9 Å². The zero-order valence-corrected chi connectivity index (χ0v) is 16.7. The summed E-state index contributed by atoms with van der Waals surface area (Å²) < 4.78 is 0. The molecule has 12 N–H and O–H groups in total. The summed E-state index contributed by atoms with van der Waals surface area (Å²) in [5.41, 5.74) is 20.6. The quantitative estimate of drug-likeness (QED) is 0.0753. The number of aliphatic imine (C=N–C) groups is 1. The van der Waals surface area contributed by atoms with Crippen molar-refractivity contribution in [1.82, 2.24) is 16.0 Å². The molecule has 0 fully saturated rings. The summed E-state index contributed by atoms with van der Waals surface area (Å²) in [6.45, 7) is 1.15. The third-order valence-electron chi connectivity index (χ3n) is 3.83. The highest BCUT2D eigenvalue weighted by molar-refractivity contribution is 5.93. The largest absolute Gasteiger partial charge is 0.480 e. The molecule has 3 atom stereocenters. The number of primary amides is 1. The molecule has 14 nitrogen and oxygen atoms in total. The van der Waals surface area contributed by atoms with Gasteiger partial charge in [-0.2, -0.15) is 0 Å². The number of aliphatic carboxylic acids is 1. The van der Waals surface area contributed by atoms with Crippen LogP contribution in [-0.2, 0) is 24.0 Å². The van der Waals surface area contributed by atoms with Crippen molar-refractivity contribution in [3.8, 4) is 0 Å². The second-order valence-corrected chi connectivity index (χ2v) is 6.41. The van der Waals surface area contributed by atoms with Crippen molar-refractivity contribution >= 4 is 35.6 Å². The van der Waals surface area contributed by atoms with E-state index in [2.05, 4.69) is 20.9 Å². The molecule has 14 heteroatoms. The summed E-state index contributed by atoms with van der Waals surface area (Å²) >= 11 is 0. The molecular weight excluding hydrogens is 400 g/mol. The first-order valence-corrected chi connectivity index (χ1v) is 9.14. The Morgan fingerprint density at radius 1 is 0.933 bits per heavy atom. The molecule has 170 valence electrons. The van der Waals surface area contributed by atoms with Crippen LogP contribution in [-0.4, -0.2) is 71.9 Å². The number of carbonyl (C=O) groups excluding carboxylic acids is 4. The molecule has 0 aliphatic rings. The van der Waals surface area contributed by atoms with Crippen molar-refractivity contribution in [3.63, 3.8) is 0 Å². The van der Waals surface area contributed by atoms with E-state index in [9.17, 15) is 29.1 Å². The standard InChI is InChI=1S/C16H30N8O6/c1-8(13(27)24-10(15(29)30)3-2-6-21-16(19)20)22-14(28)9(4-5-11(18)25)23-12(26)7-17/h8-10H,2-7,17H2,1H3,(H2,18,25)(H,22,28)(H,23,26)(H,24,27)(H,29,30)(H4,19,20,21)/t8-,9-,10-/m0/s1. The Balaban J connectivity index is 4.87. The van der Waals surface area contributed by atoms with Gasteiger partial charge in [0.15, 0.2) is 5.96 Å². The van der Waals surface area contributed by atoms with Gasteiger partial charge in [-0.05, 0) is 26.2 Å². The van der Waals surface area contributed by atoms with E-state index < -0.39 is 47.7 Å². The number of rotatable bonds is 14. The number of amides is 4. The van der Waals surface area contributed by atoms with E-state index in [1.807, 2.05) is 0 Å². The van der Waals surface area contributed by atoms with Crippen LogP contribution in [0.3, 0.4) is 0 Å². The Hall–Kier alpha value is -3.42. The van der Waals surface area contributed by atoms with E-state index in [1.165, 1.54) is 6.92 Å². The molecule has 0 aromatic heterocycles. The summed E-state index contributed by atoms with van der Waals surface area (Å²) in [4.78, 5) is 62.1. The third kappa shape index (κ3) is 11.4. The topological polar surface area (TPSA) is 258 Å². The molecular formula is C16H30N8O6. The number of hydrogen-bond donors (Lipinski definition) is 8. The highest BCUT2D eigenvalue weighted by Gasteiger charge is 2.27. The minimum Gasteiger partial charge on any atom is -0.480 e. The normalized spacial score (nSPS) is 13.3. The molecule has 0 radical (unpaired) electrons. The average molecular weight is 430 g/mol. The first-order valence-electron chi connectivity index (χ1n) is 9.14. The van der Waals surface area contributed by atoms with Crippen LogP contribution in [0, 0.1) is 0 Å². The first-order chi connectivity index (χ1) is 14.0. The van der Waals surface area contributed by atoms with Gasteiger partial charge in [-0.25, -0.2) is 4.79 Å². The van der Waals surface area contributed by atoms with E-state index in [0.717, 1.165) is 0 Å². The van der Waals surface area contributed by atoms with Crippen molar-refractivity contribution in [2.45, 2.75) is 50.7 Å². The van der Waals surface area contributed by atoms with Gasteiger partial charge < -0.3 is 44.0 Å². The summed E-state index contributed by atoms with van der Waals surface area (Å²) in [6.07, 6.45) is 0.0900. The first kappa shape index (κ1) is 26.6. The fraction of sp³-hybridized carbons (Fsp3) is 0.625. The Morgan fingerprint density at radius 2 is 1.57 bits per heavy atom. The molecule has 0 unspecified atom stereocenters. The maximum Gasteiger partial charge on any atom is 0.326 e. The van der Waals surface area contributed by atoms with Gasteiger partial charge in [0.05, 0.1) is 6.54 Å². The third-order valence-corrected chi connectivity index (χ3v) is 3.83. The smallest absolute Gasteiger partial charge is 0.326 e. The minimum atomic E-state index is -1.26. The van der Waals surface area contributed by atoms with Gasteiger partial charge in [0.25, 0.3) is 0 Å². The molecule has 0 spiro atoms. The monoisotopic (exact) mass is 430 g/mol. The van der Waals surface area contributed by atoms with E-state index in [0.29, 0.717) is 6.42 Å². The van der Waals surface area contributed by atoms with Crippen molar-refractivity contribution in [2.75, 3.05) is 13.1 Å². The van der Waals surface area contributed by atoms with Gasteiger partial charge >= 0.3 is 5.97 Å². The molecule has 0 saturated carbocycles. The van der Waals surface area contributed by atoms with E-state index >= 15 is 0 Å². The number of nitrogens with one attached hydrogen (secondary N) is 3. The number of carboxylic acid groups (broad SMARTS) is 1. The lowest BCUT2D eigenvalue weighted by Crippen LogP contribution is -2.55. The minimum absolute atomic E-state index is 0.0618. The van der Waals surface area contributed by atoms with Crippen LogP contribution >= 0.6 is 0 Å².